The van der Waals surface area contributed by atoms with Crippen molar-refractivity contribution in [3.05, 3.63) is 18.2 Å². The largest absolute Gasteiger partial charge is 0.399 e. The van der Waals surface area contributed by atoms with Gasteiger partial charge in [-0.1, -0.05) is 25.2 Å². The molecule has 1 aliphatic rings. The highest BCUT2D eigenvalue weighted by molar-refractivity contribution is 7.22. The van der Waals surface area contributed by atoms with Gasteiger partial charge in [0.05, 0.1) is 10.2 Å². The van der Waals surface area contributed by atoms with Crippen molar-refractivity contribution >= 4 is 44.2 Å². The Morgan fingerprint density at radius 1 is 1.21 bits per heavy atom. The van der Waals surface area contributed by atoms with E-state index in [1.54, 1.807) is 32.0 Å². The molecule has 0 bridgehead atoms. The predicted molar refractivity (Wildman–Crippen MR) is 74.9 cm³/mol. The SMILES string of the molecule is CC1C(=O)N(c2nc3ccc(N)cc3s2)C(=O)C1C. The average Bonchev–Trinajstić information content (AvgIpc) is 2.85. The van der Waals surface area contributed by atoms with E-state index in [-0.39, 0.29) is 23.7 Å². The van der Waals surface area contributed by atoms with Crippen LogP contribution in [0.1, 0.15) is 13.8 Å². The molecule has 2 unspecified atom stereocenters. The van der Waals surface area contributed by atoms with E-state index in [1.807, 2.05) is 0 Å². The van der Waals surface area contributed by atoms with Crippen LogP contribution in [-0.4, -0.2) is 16.8 Å². The van der Waals surface area contributed by atoms with Crippen LogP contribution in [0.2, 0.25) is 0 Å². The van der Waals surface area contributed by atoms with Crippen molar-refractivity contribution in [1.82, 2.24) is 4.98 Å². The summed E-state index contributed by atoms with van der Waals surface area (Å²) in [5.41, 5.74) is 7.11. The van der Waals surface area contributed by atoms with Gasteiger partial charge >= 0.3 is 0 Å². The molecule has 0 radical (unpaired) electrons. The average molecular weight is 275 g/mol. The van der Waals surface area contributed by atoms with Crippen LogP contribution in [0.15, 0.2) is 18.2 Å². The number of nitrogens with two attached hydrogens (primary N) is 1. The second kappa shape index (κ2) is 4.03. The first-order valence-electron chi connectivity index (χ1n) is 6.03. The van der Waals surface area contributed by atoms with Crippen LogP contribution in [-0.2, 0) is 9.59 Å². The van der Waals surface area contributed by atoms with E-state index in [0.29, 0.717) is 10.8 Å². The third-order valence-electron chi connectivity index (χ3n) is 3.56. The highest BCUT2D eigenvalue weighted by Gasteiger charge is 2.44. The van der Waals surface area contributed by atoms with Gasteiger partial charge < -0.3 is 5.73 Å². The van der Waals surface area contributed by atoms with Crippen LogP contribution in [0, 0.1) is 11.8 Å². The molecule has 1 saturated heterocycles. The summed E-state index contributed by atoms with van der Waals surface area (Å²) in [6, 6.07) is 5.35. The molecule has 98 valence electrons. The molecule has 1 aromatic heterocycles. The Balaban J connectivity index is 2.09. The number of benzene rings is 1. The number of carbonyl (C=O) groups is 2. The molecular weight excluding hydrogens is 262 g/mol. The maximum atomic E-state index is 12.1. The lowest BCUT2D eigenvalue weighted by atomic mass is 10.00. The Bertz CT molecular complexity index is 674. The third-order valence-corrected chi connectivity index (χ3v) is 4.57. The number of fused-ring (bicyclic) bond motifs is 1. The van der Waals surface area contributed by atoms with Gasteiger partial charge in [0.25, 0.3) is 0 Å². The van der Waals surface area contributed by atoms with Crippen LogP contribution in [0.4, 0.5) is 10.8 Å². The fraction of sp³-hybridized carbons (Fsp3) is 0.308. The molecular formula is C13H13N3O2S. The Kier molecular flexibility index (Phi) is 2.56. The number of aromatic nitrogens is 1. The minimum atomic E-state index is -0.287. The summed E-state index contributed by atoms with van der Waals surface area (Å²) in [6.45, 7) is 3.55. The Hall–Kier alpha value is -1.95. The lowest BCUT2D eigenvalue weighted by Crippen LogP contribution is -2.30. The molecule has 2 aromatic rings. The summed E-state index contributed by atoms with van der Waals surface area (Å²) in [7, 11) is 0. The number of hydrogen-bond donors (Lipinski definition) is 1. The zero-order chi connectivity index (χ0) is 13.7. The molecule has 2 atom stereocenters. The second-order valence-corrected chi connectivity index (χ2v) is 5.82. The van der Waals surface area contributed by atoms with Crippen LogP contribution >= 0.6 is 11.3 Å². The van der Waals surface area contributed by atoms with Crippen LogP contribution < -0.4 is 10.6 Å². The fourth-order valence-electron chi connectivity index (χ4n) is 2.16. The first kappa shape index (κ1) is 12.1. The molecule has 2 heterocycles. The van der Waals surface area contributed by atoms with E-state index in [2.05, 4.69) is 4.98 Å². The van der Waals surface area contributed by atoms with Gasteiger partial charge in [-0.3, -0.25) is 9.59 Å². The summed E-state index contributed by atoms with van der Waals surface area (Å²) >= 11 is 1.31. The zero-order valence-corrected chi connectivity index (χ0v) is 11.4. The van der Waals surface area contributed by atoms with Gasteiger partial charge in [0.2, 0.25) is 11.8 Å². The van der Waals surface area contributed by atoms with Gasteiger partial charge in [0.15, 0.2) is 5.13 Å². The molecule has 0 saturated carbocycles. The van der Waals surface area contributed by atoms with E-state index in [0.717, 1.165) is 10.2 Å². The van der Waals surface area contributed by atoms with Crippen LogP contribution in [0.5, 0.6) is 0 Å². The molecule has 3 rings (SSSR count). The molecule has 1 fully saturated rings. The minimum Gasteiger partial charge on any atom is -0.399 e. The standard InChI is InChI=1S/C13H13N3O2S/c1-6-7(2)12(18)16(11(6)17)13-15-9-4-3-8(14)5-10(9)19-13/h3-7H,14H2,1-2H3. The lowest BCUT2D eigenvalue weighted by Gasteiger charge is -2.09. The summed E-state index contributed by atoms with van der Waals surface area (Å²) in [4.78, 5) is 29.8. The van der Waals surface area contributed by atoms with Gasteiger partial charge in [-0.05, 0) is 18.2 Å². The molecule has 0 aliphatic carbocycles. The molecule has 2 amide bonds. The van der Waals surface area contributed by atoms with Crippen molar-refractivity contribution < 1.29 is 9.59 Å². The van der Waals surface area contributed by atoms with Crippen molar-refractivity contribution in [2.75, 3.05) is 10.6 Å². The Morgan fingerprint density at radius 2 is 1.84 bits per heavy atom. The van der Waals surface area contributed by atoms with Crippen LogP contribution in [0.25, 0.3) is 10.2 Å². The number of rotatable bonds is 1. The molecule has 19 heavy (non-hydrogen) atoms. The molecule has 0 spiro atoms. The van der Waals surface area contributed by atoms with E-state index in [9.17, 15) is 9.59 Å². The first-order chi connectivity index (χ1) is 8.99. The number of anilines is 2. The smallest absolute Gasteiger partial charge is 0.239 e. The number of hydrogen-bond acceptors (Lipinski definition) is 5. The number of imide groups is 1. The third kappa shape index (κ3) is 1.71. The highest BCUT2D eigenvalue weighted by atomic mass is 32.1. The molecule has 1 aromatic carbocycles. The van der Waals surface area contributed by atoms with Gasteiger partial charge in [-0.25, -0.2) is 9.88 Å². The predicted octanol–water partition coefficient (Wildman–Crippen LogP) is 2.02. The summed E-state index contributed by atoms with van der Waals surface area (Å²) in [6.07, 6.45) is 0. The van der Waals surface area contributed by atoms with E-state index in [1.165, 1.54) is 16.2 Å². The maximum Gasteiger partial charge on any atom is 0.239 e. The summed E-state index contributed by atoms with van der Waals surface area (Å²) in [5.74, 6) is -0.928. The fourth-order valence-corrected chi connectivity index (χ4v) is 3.18. The van der Waals surface area contributed by atoms with Crippen molar-refractivity contribution in [1.29, 1.82) is 0 Å². The van der Waals surface area contributed by atoms with E-state index >= 15 is 0 Å². The normalized spacial score (nSPS) is 23.6. The number of nitrogen functional groups attached to an aromatic ring is 1. The highest BCUT2D eigenvalue weighted by Crippen LogP contribution is 2.35. The number of amides is 2. The molecule has 2 N–H and O–H groups in total. The number of carbonyl (C=O) groups excluding carboxylic acids is 2. The Labute approximate surface area is 114 Å². The zero-order valence-electron chi connectivity index (χ0n) is 10.6. The Morgan fingerprint density at radius 3 is 2.47 bits per heavy atom. The topological polar surface area (TPSA) is 76.3 Å². The van der Waals surface area contributed by atoms with Gasteiger partial charge in [0.1, 0.15) is 0 Å². The van der Waals surface area contributed by atoms with Crippen molar-refractivity contribution in [3.8, 4) is 0 Å². The maximum absolute atomic E-state index is 12.1. The number of nitrogens with zero attached hydrogens (tertiary/aromatic N) is 2. The van der Waals surface area contributed by atoms with Crippen molar-refractivity contribution in [2.24, 2.45) is 11.8 Å². The minimum absolute atomic E-state index is 0.176. The van der Waals surface area contributed by atoms with Crippen molar-refractivity contribution in [2.45, 2.75) is 13.8 Å². The van der Waals surface area contributed by atoms with Gasteiger partial charge in [-0.15, -0.1) is 0 Å². The first-order valence-corrected chi connectivity index (χ1v) is 6.84. The molecule has 1 aliphatic heterocycles. The lowest BCUT2D eigenvalue weighted by molar-refractivity contribution is -0.122. The second-order valence-electron chi connectivity index (χ2n) is 4.81. The van der Waals surface area contributed by atoms with Gasteiger partial charge in [-0.2, -0.15) is 0 Å². The van der Waals surface area contributed by atoms with Gasteiger partial charge in [0, 0.05) is 17.5 Å². The summed E-state index contributed by atoms with van der Waals surface area (Å²) in [5, 5.41) is 0.437. The monoisotopic (exact) mass is 275 g/mol. The summed E-state index contributed by atoms with van der Waals surface area (Å²) < 4.78 is 0.878. The molecule has 5 nitrogen and oxygen atoms in total. The van der Waals surface area contributed by atoms with Crippen molar-refractivity contribution in [3.63, 3.8) is 0 Å². The van der Waals surface area contributed by atoms with E-state index in [4.69, 9.17) is 5.73 Å². The molecule has 6 heteroatoms. The van der Waals surface area contributed by atoms with E-state index < -0.39 is 0 Å². The van der Waals surface area contributed by atoms with Crippen LogP contribution in [0.3, 0.4) is 0 Å². The number of thiazole rings is 1. The quantitative estimate of drug-likeness (QED) is 0.638.